The maximum atomic E-state index is 12.8. The molecule has 0 radical (unpaired) electrons. The smallest absolute Gasteiger partial charge is 0.251 e. The van der Waals surface area contributed by atoms with Gasteiger partial charge in [-0.2, -0.15) is 4.31 Å². The Morgan fingerprint density at radius 1 is 1.21 bits per heavy atom. The molecule has 1 unspecified atom stereocenters. The van der Waals surface area contributed by atoms with Gasteiger partial charge >= 0.3 is 0 Å². The fourth-order valence-electron chi connectivity index (χ4n) is 2.81. The first-order chi connectivity index (χ1) is 11.3. The lowest BCUT2D eigenvalue weighted by molar-refractivity contribution is -0.142. The van der Waals surface area contributed by atoms with Crippen LogP contribution < -0.4 is 0 Å². The van der Waals surface area contributed by atoms with Gasteiger partial charge in [0, 0.05) is 32.8 Å². The van der Waals surface area contributed by atoms with E-state index in [0.717, 1.165) is 24.2 Å². The van der Waals surface area contributed by atoms with Crippen LogP contribution in [0.15, 0.2) is 9.37 Å². The van der Waals surface area contributed by atoms with Crippen molar-refractivity contribution in [2.45, 2.75) is 23.8 Å². The molecule has 2 fully saturated rings. The molecule has 1 aromatic heterocycles. The van der Waals surface area contributed by atoms with Crippen LogP contribution in [0, 0.1) is 0 Å². The van der Waals surface area contributed by atoms with Gasteiger partial charge in [-0.05, 0) is 28.8 Å². The first-order valence-electron chi connectivity index (χ1n) is 7.36. The van der Waals surface area contributed by atoms with Crippen molar-refractivity contribution in [2.24, 2.45) is 0 Å². The number of carbonyl (C=O) groups is 1. The summed E-state index contributed by atoms with van der Waals surface area (Å²) in [6.07, 6.45) is 1.23. The Morgan fingerprint density at radius 2 is 1.88 bits per heavy atom. The van der Waals surface area contributed by atoms with Crippen LogP contribution in [-0.4, -0.2) is 62.4 Å². The van der Waals surface area contributed by atoms with Crippen LogP contribution in [0.4, 0.5) is 0 Å². The van der Waals surface area contributed by atoms with Crippen LogP contribution in [-0.2, 0) is 19.6 Å². The molecule has 0 bridgehead atoms. The topological polar surface area (TPSA) is 66.9 Å². The number of piperazine rings is 1. The second-order valence-electron chi connectivity index (χ2n) is 5.52. The second kappa shape index (κ2) is 7.38. The van der Waals surface area contributed by atoms with Crippen molar-refractivity contribution in [3.05, 3.63) is 13.1 Å². The molecule has 24 heavy (non-hydrogen) atoms. The van der Waals surface area contributed by atoms with Crippen molar-refractivity contribution in [2.75, 3.05) is 32.8 Å². The predicted octanol–water partition coefficient (Wildman–Crippen LogP) is 2.83. The third-order valence-electron chi connectivity index (χ3n) is 4.08. The number of rotatable bonds is 3. The highest BCUT2D eigenvalue weighted by Gasteiger charge is 2.36. The van der Waals surface area contributed by atoms with E-state index in [0.29, 0.717) is 24.0 Å². The molecule has 1 aromatic rings. The molecule has 11 heteroatoms. The highest BCUT2D eigenvalue weighted by molar-refractivity contribution is 9.10. The largest absolute Gasteiger partial charge is 0.368 e. The van der Waals surface area contributed by atoms with Crippen LogP contribution in [0.1, 0.15) is 12.8 Å². The summed E-state index contributed by atoms with van der Waals surface area (Å²) in [5.74, 6) is -0.0534. The standard InChI is InChI=1S/C13H15BrCl2N2O4S2/c14-9-10(12(16)23-11(9)15)24(20,21)18-5-3-17(4-6-18)13(19)8-2-1-7-22-8/h8H,1-7H2. The van der Waals surface area contributed by atoms with Gasteiger partial charge in [-0.25, -0.2) is 8.42 Å². The SMILES string of the molecule is O=C(C1CCCO1)N1CCN(S(=O)(=O)c2c(Cl)sc(Cl)c2Br)CC1. The van der Waals surface area contributed by atoms with Crippen LogP contribution >= 0.6 is 50.5 Å². The van der Waals surface area contributed by atoms with Gasteiger partial charge in [0.05, 0.1) is 4.47 Å². The van der Waals surface area contributed by atoms with Crippen LogP contribution in [0.2, 0.25) is 8.67 Å². The van der Waals surface area contributed by atoms with Crippen molar-refractivity contribution in [3.8, 4) is 0 Å². The van der Waals surface area contributed by atoms with E-state index >= 15 is 0 Å². The summed E-state index contributed by atoms with van der Waals surface area (Å²) < 4.78 is 33.1. The molecular weight excluding hydrogens is 463 g/mol. The molecule has 0 aliphatic carbocycles. The Kier molecular flexibility index (Phi) is 5.80. The van der Waals surface area contributed by atoms with E-state index in [4.69, 9.17) is 27.9 Å². The molecule has 2 saturated heterocycles. The minimum Gasteiger partial charge on any atom is -0.368 e. The molecule has 0 saturated carbocycles. The van der Waals surface area contributed by atoms with Gasteiger partial charge in [-0.3, -0.25) is 4.79 Å². The summed E-state index contributed by atoms with van der Waals surface area (Å²) in [6, 6.07) is 0. The van der Waals surface area contributed by atoms with Gasteiger partial charge in [0.2, 0.25) is 10.0 Å². The number of halogens is 3. The molecule has 1 amide bonds. The lowest BCUT2D eigenvalue weighted by atomic mass is 10.2. The van der Waals surface area contributed by atoms with Crippen molar-refractivity contribution < 1.29 is 17.9 Å². The maximum absolute atomic E-state index is 12.8. The molecule has 3 heterocycles. The van der Waals surface area contributed by atoms with Gasteiger partial charge in [-0.15, -0.1) is 11.3 Å². The number of hydrogen-bond donors (Lipinski definition) is 0. The molecule has 1 atom stereocenters. The van der Waals surface area contributed by atoms with Crippen LogP contribution in [0.25, 0.3) is 0 Å². The normalized spacial score (nSPS) is 23.0. The number of nitrogens with zero attached hydrogens (tertiary/aromatic N) is 2. The van der Waals surface area contributed by atoms with E-state index < -0.39 is 10.0 Å². The van der Waals surface area contributed by atoms with Crippen LogP contribution in [0.3, 0.4) is 0 Å². The van der Waals surface area contributed by atoms with E-state index in [1.165, 1.54) is 4.31 Å². The summed E-state index contributed by atoms with van der Waals surface area (Å²) in [6.45, 7) is 1.72. The van der Waals surface area contributed by atoms with Crippen LogP contribution in [0.5, 0.6) is 0 Å². The summed E-state index contributed by atoms with van der Waals surface area (Å²) >= 11 is 16.2. The Hall–Kier alpha value is 0.1000. The average Bonchev–Trinajstić information content (AvgIpc) is 3.16. The number of sulfonamides is 1. The monoisotopic (exact) mass is 476 g/mol. The Morgan fingerprint density at radius 3 is 2.38 bits per heavy atom. The molecule has 0 N–H and O–H groups in total. The van der Waals surface area contributed by atoms with Gasteiger partial charge in [0.25, 0.3) is 5.91 Å². The number of hydrogen-bond acceptors (Lipinski definition) is 5. The quantitative estimate of drug-likeness (QED) is 0.671. The zero-order chi connectivity index (χ0) is 17.5. The second-order valence-corrected chi connectivity index (χ2v) is 10.4. The fourth-order valence-corrected chi connectivity index (χ4v) is 7.72. The third-order valence-corrected chi connectivity index (χ3v) is 9.45. The molecule has 2 aliphatic heterocycles. The van der Waals surface area contributed by atoms with Crippen molar-refractivity contribution >= 4 is 66.4 Å². The zero-order valence-electron chi connectivity index (χ0n) is 12.5. The first-order valence-corrected chi connectivity index (χ1v) is 11.2. The molecule has 3 rings (SSSR count). The summed E-state index contributed by atoms with van der Waals surface area (Å²) in [4.78, 5) is 14.0. The summed E-state index contributed by atoms with van der Waals surface area (Å²) in [5.41, 5.74) is 0. The van der Waals surface area contributed by atoms with Crippen molar-refractivity contribution in [1.82, 2.24) is 9.21 Å². The van der Waals surface area contributed by atoms with Gasteiger partial charge < -0.3 is 9.64 Å². The highest BCUT2D eigenvalue weighted by atomic mass is 79.9. The molecule has 0 spiro atoms. The number of thiophene rings is 1. The van der Waals surface area contributed by atoms with E-state index in [2.05, 4.69) is 15.9 Å². The van der Waals surface area contributed by atoms with Crippen molar-refractivity contribution in [3.63, 3.8) is 0 Å². The Labute approximate surface area is 162 Å². The lowest BCUT2D eigenvalue weighted by Crippen LogP contribution is -2.52. The maximum Gasteiger partial charge on any atom is 0.251 e. The molecular formula is C13H15BrCl2N2O4S2. The Balaban J connectivity index is 1.70. The molecule has 2 aliphatic rings. The minimum atomic E-state index is -3.76. The van der Waals surface area contributed by atoms with E-state index in [1.807, 2.05) is 0 Å². The lowest BCUT2D eigenvalue weighted by Gasteiger charge is -2.35. The molecule has 0 aromatic carbocycles. The Bertz CT molecular complexity index is 741. The van der Waals surface area contributed by atoms with Crippen molar-refractivity contribution in [1.29, 1.82) is 0 Å². The predicted molar refractivity (Wildman–Crippen MR) is 96.4 cm³/mol. The van der Waals surface area contributed by atoms with E-state index in [9.17, 15) is 13.2 Å². The minimum absolute atomic E-state index is 0.00179. The molecule has 134 valence electrons. The summed E-state index contributed by atoms with van der Waals surface area (Å²) in [7, 11) is -3.76. The zero-order valence-corrected chi connectivity index (χ0v) is 17.2. The first kappa shape index (κ1) is 18.9. The fraction of sp³-hybridized carbons (Fsp3) is 0.615. The van der Waals surface area contributed by atoms with E-state index in [-0.39, 0.29) is 38.8 Å². The number of amides is 1. The number of carbonyl (C=O) groups excluding carboxylic acids is 1. The number of ether oxygens (including phenoxy) is 1. The van der Waals surface area contributed by atoms with Gasteiger partial charge in [0.1, 0.15) is 19.7 Å². The average molecular weight is 478 g/mol. The van der Waals surface area contributed by atoms with E-state index in [1.54, 1.807) is 4.90 Å². The summed E-state index contributed by atoms with van der Waals surface area (Å²) in [5, 5.41) is 0. The van der Waals surface area contributed by atoms with Gasteiger partial charge in [-0.1, -0.05) is 23.2 Å². The third kappa shape index (κ3) is 3.49. The van der Waals surface area contributed by atoms with Gasteiger partial charge in [0.15, 0.2) is 0 Å². The highest BCUT2D eigenvalue weighted by Crippen LogP contribution is 2.44. The molecule has 6 nitrogen and oxygen atoms in total.